The molecule has 0 aromatic rings. The summed E-state index contributed by atoms with van der Waals surface area (Å²) in [7, 11) is 1.84. The molecule has 5 heteroatoms. The van der Waals surface area contributed by atoms with Gasteiger partial charge in [0.1, 0.15) is 6.23 Å². The fourth-order valence-corrected chi connectivity index (χ4v) is 1.58. The second kappa shape index (κ2) is 7.14. The Bertz CT molecular complexity index is 131. The van der Waals surface area contributed by atoms with Crippen molar-refractivity contribution < 1.29 is 5.11 Å². The highest BCUT2D eigenvalue weighted by Crippen LogP contribution is 2.06. The summed E-state index contributed by atoms with van der Waals surface area (Å²) >= 11 is 0. The Balaban J connectivity index is 2.22. The number of aliphatic hydroxyl groups excluding tert-OH is 1. The van der Waals surface area contributed by atoms with Crippen LogP contribution in [-0.2, 0) is 0 Å². The molecule has 0 bridgehead atoms. The van der Waals surface area contributed by atoms with Crippen molar-refractivity contribution in [2.75, 3.05) is 13.6 Å². The standard InChI is InChI=1S/C9H22N4O/c1-13-11-9(14)7-5-3-2-4-6-8-10-12-13/h9-12,14H,2-8H2,1H3. The molecule has 84 valence electrons. The molecule has 14 heavy (non-hydrogen) atoms. The molecule has 0 aromatic heterocycles. The van der Waals surface area contributed by atoms with Crippen LogP contribution < -0.4 is 16.4 Å². The van der Waals surface area contributed by atoms with Gasteiger partial charge >= 0.3 is 0 Å². The first kappa shape index (κ1) is 11.9. The van der Waals surface area contributed by atoms with E-state index < -0.39 is 6.23 Å². The zero-order valence-electron chi connectivity index (χ0n) is 8.92. The van der Waals surface area contributed by atoms with Crippen LogP contribution in [0.5, 0.6) is 0 Å². The monoisotopic (exact) mass is 202 g/mol. The molecule has 0 aliphatic carbocycles. The van der Waals surface area contributed by atoms with Crippen molar-refractivity contribution in [2.24, 2.45) is 0 Å². The maximum Gasteiger partial charge on any atom is 0.118 e. The highest BCUT2D eigenvalue weighted by molar-refractivity contribution is 4.53. The van der Waals surface area contributed by atoms with E-state index in [4.69, 9.17) is 0 Å². The largest absolute Gasteiger partial charge is 0.377 e. The number of nitrogens with one attached hydrogen (secondary N) is 3. The normalized spacial score (nSPS) is 29.1. The van der Waals surface area contributed by atoms with Crippen molar-refractivity contribution in [3.63, 3.8) is 0 Å². The minimum Gasteiger partial charge on any atom is -0.377 e. The fourth-order valence-electron chi connectivity index (χ4n) is 1.58. The zero-order chi connectivity index (χ0) is 10.2. The Labute approximate surface area is 85.8 Å². The first-order chi connectivity index (χ1) is 6.79. The summed E-state index contributed by atoms with van der Waals surface area (Å²) in [6.07, 6.45) is 6.40. The van der Waals surface area contributed by atoms with Gasteiger partial charge in [-0.3, -0.25) is 0 Å². The Morgan fingerprint density at radius 3 is 2.71 bits per heavy atom. The molecule has 0 aromatic carbocycles. The first-order valence-corrected chi connectivity index (χ1v) is 5.45. The average Bonchev–Trinajstić information content (AvgIpc) is 2.13. The van der Waals surface area contributed by atoms with E-state index >= 15 is 0 Å². The van der Waals surface area contributed by atoms with Crippen molar-refractivity contribution in [3.05, 3.63) is 0 Å². The van der Waals surface area contributed by atoms with Gasteiger partial charge in [-0.25, -0.2) is 10.9 Å². The number of hydrazine groups is 3. The highest BCUT2D eigenvalue weighted by Gasteiger charge is 2.06. The van der Waals surface area contributed by atoms with Crippen LogP contribution >= 0.6 is 0 Å². The van der Waals surface area contributed by atoms with E-state index in [1.165, 1.54) is 25.7 Å². The maximum absolute atomic E-state index is 9.54. The quantitative estimate of drug-likeness (QED) is 0.449. The number of nitrogens with zero attached hydrogens (tertiary/aromatic N) is 1. The topological polar surface area (TPSA) is 59.6 Å². The Morgan fingerprint density at radius 2 is 1.86 bits per heavy atom. The molecule has 0 saturated carbocycles. The van der Waals surface area contributed by atoms with Gasteiger partial charge in [0, 0.05) is 13.6 Å². The summed E-state index contributed by atoms with van der Waals surface area (Å²) in [5, 5.41) is 11.2. The molecule has 1 atom stereocenters. The van der Waals surface area contributed by atoms with Crippen LogP contribution in [0.2, 0.25) is 0 Å². The van der Waals surface area contributed by atoms with Crippen LogP contribution in [-0.4, -0.2) is 30.0 Å². The minimum absolute atomic E-state index is 0.450. The highest BCUT2D eigenvalue weighted by atomic mass is 16.3. The molecule has 1 aliphatic heterocycles. The van der Waals surface area contributed by atoms with Gasteiger partial charge in [-0.15, -0.1) is 0 Å². The average molecular weight is 202 g/mol. The van der Waals surface area contributed by atoms with E-state index in [9.17, 15) is 5.11 Å². The van der Waals surface area contributed by atoms with Crippen molar-refractivity contribution in [2.45, 2.75) is 44.8 Å². The fraction of sp³-hybridized carbons (Fsp3) is 1.00. The van der Waals surface area contributed by atoms with Gasteiger partial charge in [-0.2, -0.15) is 10.7 Å². The third kappa shape index (κ3) is 5.51. The third-order valence-electron chi connectivity index (χ3n) is 2.37. The summed E-state index contributed by atoms with van der Waals surface area (Å²) in [6, 6.07) is 0. The molecule has 0 amide bonds. The number of rotatable bonds is 0. The molecule has 1 saturated heterocycles. The van der Waals surface area contributed by atoms with Gasteiger partial charge in [-0.1, -0.05) is 19.3 Å². The molecule has 1 rings (SSSR count). The number of aliphatic hydroxyl groups is 1. The molecule has 4 N–H and O–H groups in total. The third-order valence-corrected chi connectivity index (χ3v) is 2.37. The van der Waals surface area contributed by atoms with E-state index in [0.29, 0.717) is 0 Å². The first-order valence-electron chi connectivity index (χ1n) is 5.45. The van der Waals surface area contributed by atoms with E-state index in [-0.39, 0.29) is 0 Å². The number of hydrogen-bond acceptors (Lipinski definition) is 5. The molecule has 0 spiro atoms. The van der Waals surface area contributed by atoms with Crippen molar-refractivity contribution in [1.82, 2.24) is 21.5 Å². The lowest BCUT2D eigenvalue weighted by Crippen LogP contribution is -2.55. The second-order valence-electron chi connectivity index (χ2n) is 3.80. The predicted molar refractivity (Wildman–Crippen MR) is 55.7 cm³/mol. The lowest BCUT2D eigenvalue weighted by molar-refractivity contribution is 0.00249. The van der Waals surface area contributed by atoms with Crippen LogP contribution in [0.3, 0.4) is 0 Å². The molecular weight excluding hydrogens is 180 g/mol. The molecule has 1 heterocycles. The van der Waals surface area contributed by atoms with Crippen LogP contribution in [0.15, 0.2) is 0 Å². The van der Waals surface area contributed by atoms with E-state index in [2.05, 4.69) is 16.4 Å². The Hall–Kier alpha value is -0.200. The molecule has 5 nitrogen and oxygen atoms in total. The van der Waals surface area contributed by atoms with Gasteiger partial charge in [0.2, 0.25) is 0 Å². The van der Waals surface area contributed by atoms with Gasteiger partial charge in [-0.05, 0) is 19.3 Å². The van der Waals surface area contributed by atoms with Gasteiger partial charge in [0.05, 0.1) is 0 Å². The van der Waals surface area contributed by atoms with Crippen molar-refractivity contribution in [3.8, 4) is 0 Å². The summed E-state index contributed by atoms with van der Waals surface area (Å²) in [6.45, 7) is 0.960. The molecule has 1 aliphatic rings. The predicted octanol–water partition coefficient (Wildman–Crippen LogP) is 0.105. The van der Waals surface area contributed by atoms with Gasteiger partial charge in [0.25, 0.3) is 0 Å². The van der Waals surface area contributed by atoms with E-state index in [0.717, 1.165) is 19.4 Å². The van der Waals surface area contributed by atoms with Crippen LogP contribution in [0, 0.1) is 0 Å². The van der Waals surface area contributed by atoms with Gasteiger partial charge < -0.3 is 5.11 Å². The SMILES string of the molecule is CN1NNCCCCCCCC(O)N1. The van der Waals surface area contributed by atoms with E-state index in [1.54, 1.807) is 5.12 Å². The second-order valence-corrected chi connectivity index (χ2v) is 3.80. The lowest BCUT2D eigenvalue weighted by atomic mass is 10.1. The van der Waals surface area contributed by atoms with Gasteiger partial charge in [0.15, 0.2) is 0 Å². The summed E-state index contributed by atoms with van der Waals surface area (Å²) < 4.78 is 0. The van der Waals surface area contributed by atoms with Crippen LogP contribution in [0.25, 0.3) is 0 Å². The van der Waals surface area contributed by atoms with Crippen molar-refractivity contribution in [1.29, 1.82) is 0 Å². The van der Waals surface area contributed by atoms with E-state index in [1.807, 2.05) is 7.05 Å². The number of hydrogen-bond donors (Lipinski definition) is 4. The summed E-state index contributed by atoms with van der Waals surface area (Å²) in [5.41, 5.74) is 8.93. The maximum atomic E-state index is 9.54. The molecular formula is C9H22N4O. The smallest absolute Gasteiger partial charge is 0.118 e. The van der Waals surface area contributed by atoms with Crippen molar-refractivity contribution >= 4 is 0 Å². The summed E-state index contributed by atoms with van der Waals surface area (Å²) in [5.74, 6) is 0. The molecule has 0 radical (unpaired) electrons. The minimum atomic E-state index is -0.450. The zero-order valence-corrected chi connectivity index (χ0v) is 8.92. The molecule has 1 unspecified atom stereocenters. The lowest BCUT2D eigenvalue weighted by Gasteiger charge is -2.24. The van der Waals surface area contributed by atoms with Crippen LogP contribution in [0.4, 0.5) is 0 Å². The summed E-state index contributed by atoms with van der Waals surface area (Å²) in [4.78, 5) is 0. The van der Waals surface area contributed by atoms with Crippen LogP contribution in [0.1, 0.15) is 38.5 Å². The molecule has 1 fully saturated rings. The Morgan fingerprint density at radius 1 is 1.14 bits per heavy atom. The Kier molecular flexibility index (Phi) is 6.05.